The third-order valence-corrected chi connectivity index (χ3v) is 3.13. The number of nitrogens with one attached hydrogen (secondary N) is 1. The maximum atomic E-state index is 12.2. The lowest BCUT2D eigenvalue weighted by Gasteiger charge is -2.17. The quantitative estimate of drug-likeness (QED) is 0.869. The van der Waals surface area contributed by atoms with E-state index in [0.29, 0.717) is 17.7 Å². The predicted octanol–water partition coefficient (Wildman–Crippen LogP) is 1.72. The molecule has 0 radical (unpaired) electrons. The fraction of sp³-hybridized carbons (Fsp3) is 0.250. The Morgan fingerprint density at radius 3 is 2.65 bits per heavy atom. The smallest absolute Gasteiger partial charge is 0.253 e. The molecule has 0 unspecified atom stereocenters. The third kappa shape index (κ3) is 3.65. The van der Waals surface area contributed by atoms with E-state index in [1.165, 1.54) is 0 Å². The number of aliphatic hydroxyl groups is 1. The monoisotopic (exact) mass is 270 g/mol. The van der Waals surface area contributed by atoms with Crippen molar-refractivity contribution < 1.29 is 9.90 Å². The summed E-state index contributed by atoms with van der Waals surface area (Å²) in [7, 11) is 0. The van der Waals surface area contributed by atoms with Crippen LogP contribution in [0, 0.1) is 6.92 Å². The molecule has 4 nitrogen and oxygen atoms in total. The summed E-state index contributed by atoms with van der Waals surface area (Å²) in [6.45, 7) is 1.69. The van der Waals surface area contributed by atoms with Crippen LogP contribution < -0.4 is 5.32 Å². The van der Waals surface area contributed by atoms with Crippen LogP contribution in [0.1, 0.15) is 21.6 Å². The summed E-state index contributed by atoms with van der Waals surface area (Å²) >= 11 is 0. The van der Waals surface area contributed by atoms with Crippen molar-refractivity contribution in [2.24, 2.45) is 0 Å². The number of rotatable bonds is 5. The van der Waals surface area contributed by atoms with E-state index in [4.69, 9.17) is 0 Å². The van der Waals surface area contributed by atoms with Crippen molar-refractivity contribution in [1.82, 2.24) is 10.3 Å². The van der Waals surface area contributed by atoms with Crippen LogP contribution in [0.3, 0.4) is 0 Å². The van der Waals surface area contributed by atoms with Crippen molar-refractivity contribution in [2.75, 3.05) is 6.61 Å². The molecule has 1 aromatic heterocycles. The Kier molecular flexibility index (Phi) is 4.85. The number of amides is 1. The summed E-state index contributed by atoms with van der Waals surface area (Å²) in [6, 6.07) is 12.9. The molecule has 4 heteroatoms. The van der Waals surface area contributed by atoms with Crippen molar-refractivity contribution in [1.29, 1.82) is 0 Å². The van der Waals surface area contributed by atoms with Gasteiger partial charge in [-0.1, -0.05) is 30.3 Å². The molecule has 2 aromatic rings. The fourth-order valence-corrected chi connectivity index (χ4v) is 2.05. The van der Waals surface area contributed by atoms with E-state index in [1.807, 2.05) is 30.3 Å². The average molecular weight is 270 g/mol. The van der Waals surface area contributed by atoms with Gasteiger partial charge in [0.1, 0.15) is 0 Å². The molecule has 0 aliphatic heterocycles. The van der Waals surface area contributed by atoms with Crippen molar-refractivity contribution >= 4 is 5.91 Å². The fourth-order valence-electron chi connectivity index (χ4n) is 2.05. The molecule has 0 fully saturated rings. The van der Waals surface area contributed by atoms with E-state index in [0.717, 1.165) is 5.56 Å². The van der Waals surface area contributed by atoms with Crippen LogP contribution in [0.25, 0.3) is 0 Å². The maximum absolute atomic E-state index is 12.2. The van der Waals surface area contributed by atoms with Crippen LogP contribution in [0.15, 0.2) is 48.7 Å². The molecule has 104 valence electrons. The van der Waals surface area contributed by atoms with Gasteiger partial charge in [0, 0.05) is 11.9 Å². The highest BCUT2D eigenvalue weighted by Crippen LogP contribution is 2.06. The predicted molar refractivity (Wildman–Crippen MR) is 77.5 cm³/mol. The van der Waals surface area contributed by atoms with Gasteiger partial charge in [0.25, 0.3) is 5.91 Å². The first-order valence-corrected chi connectivity index (χ1v) is 6.58. The standard InChI is InChI=1S/C16H18N2O2/c1-12-15(8-5-9-17-12)16(20)18-14(11-19)10-13-6-3-2-4-7-13/h2-9,14,19H,10-11H2,1H3,(H,18,20)/t14-/m0/s1. The van der Waals surface area contributed by atoms with Crippen LogP contribution in [0.2, 0.25) is 0 Å². The number of aromatic nitrogens is 1. The van der Waals surface area contributed by atoms with Gasteiger partial charge in [0.2, 0.25) is 0 Å². The molecule has 0 aliphatic carbocycles. The molecule has 1 atom stereocenters. The molecule has 0 aliphatic rings. The van der Waals surface area contributed by atoms with Gasteiger partial charge in [-0.3, -0.25) is 9.78 Å². The minimum absolute atomic E-state index is 0.0973. The number of aliphatic hydroxyl groups excluding tert-OH is 1. The van der Waals surface area contributed by atoms with Crippen LogP contribution in [-0.2, 0) is 6.42 Å². The largest absolute Gasteiger partial charge is 0.394 e. The molecule has 0 bridgehead atoms. The summed E-state index contributed by atoms with van der Waals surface area (Å²) in [5.74, 6) is -0.203. The Morgan fingerprint density at radius 1 is 1.25 bits per heavy atom. The van der Waals surface area contributed by atoms with Crippen molar-refractivity contribution in [3.63, 3.8) is 0 Å². The number of nitrogens with zero attached hydrogens (tertiary/aromatic N) is 1. The lowest BCUT2D eigenvalue weighted by Crippen LogP contribution is -2.39. The number of pyridine rings is 1. The molecule has 1 aromatic carbocycles. The zero-order valence-corrected chi connectivity index (χ0v) is 11.4. The molecule has 1 amide bonds. The number of carbonyl (C=O) groups excluding carboxylic acids is 1. The van der Waals surface area contributed by atoms with E-state index in [2.05, 4.69) is 10.3 Å². The zero-order valence-electron chi connectivity index (χ0n) is 11.4. The van der Waals surface area contributed by atoms with Gasteiger partial charge < -0.3 is 10.4 Å². The minimum atomic E-state index is -0.301. The summed E-state index contributed by atoms with van der Waals surface area (Å²) in [5, 5.41) is 12.3. The van der Waals surface area contributed by atoms with Crippen molar-refractivity contribution in [3.05, 3.63) is 65.5 Å². The Morgan fingerprint density at radius 2 is 2.00 bits per heavy atom. The number of aryl methyl sites for hydroxylation is 1. The van der Waals surface area contributed by atoms with Crippen molar-refractivity contribution in [2.45, 2.75) is 19.4 Å². The van der Waals surface area contributed by atoms with E-state index in [-0.39, 0.29) is 18.6 Å². The Balaban J connectivity index is 2.03. The Labute approximate surface area is 118 Å². The normalized spacial score (nSPS) is 11.9. The highest BCUT2D eigenvalue weighted by Gasteiger charge is 2.15. The van der Waals surface area contributed by atoms with Gasteiger partial charge in [0.05, 0.1) is 18.2 Å². The Bertz CT molecular complexity index is 570. The van der Waals surface area contributed by atoms with Gasteiger partial charge in [0.15, 0.2) is 0 Å². The minimum Gasteiger partial charge on any atom is -0.394 e. The highest BCUT2D eigenvalue weighted by atomic mass is 16.3. The molecule has 0 saturated heterocycles. The topological polar surface area (TPSA) is 62.2 Å². The number of hydrogen-bond acceptors (Lipinski definition) is 3. The lowest BCUT2D eigenvalue weighted by atomic mass is 10.1. The van der Waals surface area contributed by atoms with E-state index >= 15 is 0 Å². The van der Waals surface area contributed by atoms with Crippen LogP contribution >= 0.6 is 0 Å². The first kappa shape index (κ1) is 14.2. The van der Waals surface area contributed by atoms with Crippen molar-refractivity contribution in [3.8, 4) is 0 Å². The summed E-state index contributed by atoms with van der Waals surface area (Å²) in [4.78, 5) is 16.3. The SMILES string of the molecule is Cc1ncccc1C(=O)N[C@H](CO)Cc1ccccc1. The second-order valence-corrected chi connectivity index (χ2v) is 4.68. The Hall–Kier alpha value is -2.20. The maximum Gasteiger partial charge on any atom is 0.253 e. The summed E-state index contributed by atoms with van der Waals surface area (Å²) in [6.07, 6.45) is 2.25. The van der Waals surface area contributed by atoms with Crippen LogP contribution in [0.4, 0.5) is 0 Å². The molecular formula is C16H18N2O2. The zero-order chi connectivity index (χ0) is 14.4. The van der Waals surface area contributed by atoms with Gasteiger partial charge >= 0.3 is 0 Å². The number of carbonyl (C=O) groups is 1. The molecule has 2 N–H and O–H groups in total. The van der Waals surface area contributed by atoms with Gasteiger partial charge in [-0.25, -0.2) is 0 Å². The van der Waals surface area contributed by atoms with Gasteiger partial charge in [-0.2, -0.15) is 0 Å². The summed E-state index contributed by atoms with van der Waals surface area (Å²) in [5.41, 5.74) is 2.30. The lowest BCUT2D eigenvalue weighted by molar-refractivity contribution is 0.0915. The highest BCUT2D eigenvalue weighted by molar-refractivity contribution is 5.95. The molecular weight excluding hydrogens is 252 g/mol. The molecule has 0 saturated carbocycles. The third-order valence-electron chi connectivity index (χ3n) is 3.13. The molecule has 20 heavy (non-hydrogen) atoms. The molecule has 1 heterocycles. The summed E-state index contributed by atoms with van der Waals surface area (Å²) < 4.78 is 0. The molecule has 0 spiro atoms. The number of hydrogen-bond donors (Lipinski definition) is 2. The van der Waals surface area contributed by atoms with E-state index in [1.54, 1.807) is 25.3 Å². The van der Waals surface area contributed by atoms with Gasteiger partial charge in [-0.05, 0) is 31.0 Å². The van der Waals surface area contributed by atoms with E-state index < -0.39 is 0 Å². The van der Waals surface area contributed by atoms with Gasteiger partial charge in [-0.15, -0.1) is 0 Å². The second kappa shape index (κ2) is 6.82. The number of benzene rings is 1. The first-order valence-electron chi connectivity index (χ1n) is 6.58. The van der Waals surface area contributed by atoms with E-state index in [9.17, 15) is 9.90 Å². The molecule has 2 rings (SSSR count). The second-order valence-electron chi connectivity index (χ2n) is 4.68. The van der Waals surface area contributed by atoms with Crippen LogP contribution in [-0.4, -0.2) is 28.6 Å². The first-order chi connectivity index (χ1) is 9.70. The van der Waals surface area contributed by atoms with Crippen LogP contribution in [0.5, 0.6) is 0 Å². The average Bonchev–Trinajstić information content (AvgIpc) is 2.48.